The van der Waals surface area contributed by atoms with Crippen LogP contribution in [0.1, 0.15) is 16.7 Å². The highest BCUT2D eigenvalue weighted by Gasteiger charge is 1.72. The Balaban J connectivity index is -0.0000000457. The van der Waals surface area contributed by atoms with Crippen LogP contribution in [0.15, 0.2) is 0 Å². The van der Waals surface area contributed by atoms with Gasteiger partial charge in [-0.05, 0) is 6.92 Å². The van der Waals surface area contributed by atoms with Crippen LogP contribution in [0.2, 0.25) is 0 Å². The van der Waals surface area contributed by atoms with E-state index in [0.29, 0.717) is 0 Å². The van der Waals surface area contributed by atoms with Crippen LogP contribution in [-0.2, 0) is 4.79 Å². The quantitative estimate of drug-likeness (QED) is 0.523. The lowest BCUT2D eigenvalue weighted by atomic mass is 10.7. The van der Waals surface area contributed by atoms with E-state index >= 15 is 0 Å². The summed E-state index contributed by atoms with van der Waals surface area (Å²) in [5.41, 5.74) is 0. The lowest BCUT2D eigenvalue weighted by Crippen LogP contribution is -2.11. The molecule has 10 heavy (non-hydrogen) atoms. The molecule has 0 fully saturated rings. The Kier molecular flexibility index (Phi) is 10.1. The van der Waals surface area contributed by atoms with Crippen molar-refractivity contribution < 1.29 is 7.65 Å². The fourth-order valence-electron chi connectivity index (χ4n) is 0. The molecule has 0 unspecified atom stereocenters. The molecule has 0 saturated carbocycles. The first-order chi connectivity index (χ1) is 4.54. The monoisotopic (exact) mass is 166 g/mol. The van der Waals surface area contributed by atoms with Crippen molar-refractivity contribution in [2.24, 2.45) is 0 Å². The van der Waals surface area contributed by atoms with E-state index in [1.54, 1.807) is 7.05 Å². The summed E-state index contributed by atoms with van der Waals surface area (Å²) >= 11 is 4.59. The minimum Gasteiger partial charge on any atom is -0.383 e. The van der Waals surface area contributed by atoms with Crippen molar-refractivity contribution in [2.75, 3.05) is 14.1 Å². The van der Waals surface area contributed by atoms with Crippen LogP contribution in [0.4, 0.5) is 0 Å². The Morgan fingerprint density at radius 3 is 1.50 bits per heavy atom. The van der Waals surface area contributed by atoms with Gasteiger partial charge < -0.3 is 10.6 Å². The molecule has 4 heteroatoms. The van der Waals surface area contributed by atoms with E-state index in [9.17, 15) is 4.79 Å². The number of nitrogens with one attached hydrogen (secondary N) is 2. The van der Waals surface area contributed by atoms with Crippen molar-refractivity contribution in [3.63, 3.8) is 0 Å². The molecule has 1 amide bonds. The van der Waals surface area contributed by atoms with Gasteiger partial charge >= 0.3 is 0 Å². The molecule has 0 aliphatic carbocycles. The summed E-state index contributed by atoms with van der Waals surface area (Å²) < 4.78 is 0. The van der Waals surface area contributed by atoms with Crippen LogP contribution in [0.3, 0.4) is 0 Å². The molecule has 64 valence electrons. The number of hydrogen-bond acceptors (Lipinski definition) is 2. The number of amides is 1. The number of carbonyl (C=O) groups is 1. The maximum atomic E-state index is 9.70. The molecule has 0 aliphatic heterocycles. The highest BCUT2D eigenvalue weighted by molar-refractivity contribution is 7.80. The normalized spacial score (nSPS) is 6.80. The maximum Gasteiger partial charge on any atom is 0.216 e. The van der Waals surface area contributed by atoms with Gasteiger partial charge in [0.15, 0.2) is 0 Å². The fraction of sp³-hybridized carbons (Fsp3) is 0.667. The van der Waals surface area contributed by atoms with Crippen molar-refractivity contribution in [1.82, 2.24) is 10.6 Å². The van der Waals surface area contributed by atoms with Gasteiger partial charge in [-0.3, -0.25) is 4.79 Å². The number of hydrogen-bond donors (Lipinski definition) is 2. The molecule has 0 aliphatic rings. The first-order valence-electron chi connectivity index (χ1n) is 2.91. The van der Waals surface area contributed by atoms with Crippen LogP contribution in [0.25, 0.3) is 0 Å². The Hall–Kier alpha value is -0.640. The van der Waals surface area contributed by atoms with Gasteiger partial charge in [-0.2, -0.15) is 0 Å². The molecule has 0 bridgehead atoms. The predicted molar refractivity (Wildman–Crippen MR) is 51.3 cm³/mol. The fourth-order valence-corrected chi connectivity index (χ4v) is 0. The minimum absolute atomic E-state index is 0. The van der Waals surface area contributed by atoms with Gasteiger partial charge in [-0.15, -0.1) is 0 Å². The van der Waals surface area contributed by atoms with Crippen molar-refractivity contribution in [3.05, 3.63) is 0 Å². The first kappa shape index (κ1) is 12.1. The number of rotatable bonds is 0. The van der Waals surface area contributed by atoms with Gasteiger partial charge in [0.2, 0.25) is 5.91 Å². The summed E-state index contributed by atoms with van der Waals surface area (Å²) in [5.74, 6) is 0.00463. The third-order valence-corrected chi connectivity index (χ3v) is 0.908. The van der Waals surface area contributed by atoms with Crippen LogP contribution < -0.4 is 10.6 Å². The van der Waals surface area contributed by atoms with Crippen molar-refractivity contribution in [2.45, 2.75) is 13.8 Å². The summed E-state index contributed by atoms with van der Waals surface area (Å²) in [6.45, 7) is 3.31. The Bertz CT molecular complexity index is 108. The second kappa shape index (κ2) is 8.36. The van der Waals surface area contributed by atoms with Crippen LogP contribution in [0, 0.1) is 0 Å². The molecule has 0 aromatic rings. The molecule has 0 heterocycles. The van der Waals surface area contributed by atoms with E-state index in [1.807, 2.05) is 14.0 Å². The van der Waals surface area contributed by atoms with Crippen LogP contribution >= 0.6 is 12.2 Å². The molecule has 2 N–H and O–H groups in total. The molecule has 0 aromatic heterocycles. The van der Waals surface area contributed by atoms with Gasteiger partial charge in [0, 0.05) is 23.9 Å². The second-order valence-electron chi connectivity index (χ2n) is 1.61. The lowest BCUT2D eigenvalue weighted by Gasteiger charge is -1.84. The molecular formula is C6H18N2OS. The van der Waals surface area contributed by atoms with Crippen molar-refractivity contribution >= 4 is 23.1 Å². The summed E-state index contributed by atoms with van der Waals surface area (Å²) in [6.07, 6.45) is 0. The van der Waals surface area contributed by atoms with Gasteiger partial charge in [0.05, 0.1) is 4.99 Å². The smallest absolute Gasteiger partial charge is 0.216 e. The molecule has 0 radical (unpaired) electrons. The Morgan fingerprint density at radius 1 is 1.30 bits per heavy atom. The van der Waals surface area contributed by atoms with Crippen LogP contribution in [-0.4, -0.2) is 25.0 Å². The van der Waals surface area contributed by atoms with Gasteiger partial charge in [-0.25, -0.2) is 0 Å². The maximum absolute atomic E-state index is 9.70. The average Bonchev–Trinajstić information content (AvgIpc) is 1.89. The van der Waals surface area contributed by atoms with Crippen molar-refractivity contribution in [3.8, 4) is 0 Å². The minimum atomic E-state index is 0. The molecule has 0 atom stereocenters. The zero-order valence-corrected chi connectivity index (χ0v) is 7.63. The molecule has 0 rings (SSSR count). The standard InChI is InChI=1S/C3H7NO.C3H7NS.2H2/c2*1-3(5)4-2;;/h2*1-2H3,(H,4,5);2*1H. The van der Waals surface area contributed by atoms with E-state index in [1.165, 1.54) is 6.92 Å². The summed E-state index contributed by atoms with van der Waals surface area (Å²) in [5, 5.41) is 5.15. The van der Waals surface area contributed by atoms with E-state index in [4.69, 9.17) is 0 Å². The van der Waals surface area contributed by atoms with E-state index < -0.39 is 0 Å². The Labute approximate surface area is 70.2 Å². The summed E-state index contributed by atoms with van der Waals surface area (Å²) in [4.78, 5) is 10.5. The molecule has 0 aromatic carbocycles. The van der Waals surface area contributed by atoms with Gasteiger partial charge in [0.1, 0.15) is 0 Å². The Morgan fingerprint density at radius 2 is 1.50 bits per heavy atom. The van der Waals surface area contributed by atoms with E-state index in [2.05, 4.69) is 22.9 Å². The summed E-state index contributed by atoms with van der Waals surface area (Å²) in [6, 6.07) is 0. The summed E-state index contributed by atoms with van der Waals surface area (Å²) in [7, 11) is 3.41. The van der Waals surface area contributed by atoms with Crippen molar-refractivity contribution in [1.29, 1.82) is 0 Å². The molecular weight excluding hydrogens is 148 g/mol. The SMILES string of the molecule is CNC(C)=O.CNC(C)=S.[HH].[HH]. The largest absolute Gasteiger partial charge is 0.383 e. The molecule has 3 nitrogen and oxygen atoms in total. The third kappa shape index (κ3) is 26.4. The zero-order chi connectivity index (χ0) is 8.57. The zero-order valence-electron chi connectivity index (χ0n) is 6.82. The molecule has 0 saturated heterocycles. The topological polar surface area (TPSA) is 41.1 Å². The first-order valence-corrected chi connectivity index (χ1v) is 3.32. The average molecular weight is 166 g/mol. The van der Waals surface area contributed by atoms with Gasteiger partial charge in [-0.1, -0.05) is 12.2 Å². The molecule has 0 spiro atoms. The second-order valence-corrected chi connectivity index (χ2v) is 2.22. The number of carbonyl (C=O) groups excluding carboxylic acids is 1. The number of thiocarbonyl (C=S) groups is 1. The highest BCUT2D eigenvalue weighted by atomic mass is 32.1. The van der Waals surface area contributed by atoms with Crippen LogP contribution in [0.5, 0.6) is 0 Å². The lowest BCUT2D eigenvalue weighted by molar-refractivity contribution is -0.118. The van der Waals surface area contributed by atoms with E-state index in [0.717, 1.165) is 4.99 Å². The highest BCUT2D eigenvalue weighted by Crippen LogP contribution is 1.56. The third-order valence-electron chi connectivity index (χ3n) is 0.704. The van der Waals surface area contributed by atoms with E-state index in [-0.39, 0.29) is 8.76 Å². The predicted octanol–water partition coefficient (Wildman–Crippen LogP) is 0.797. The van der Waals surface area contributed by atoms with Gasteiger partial charge in [0.25, 0.3) is 0 Å².